The molecule has 0 radical (unpaired) electrons. The summed E-state index contributed by atoms with van der Waals surface area (Å²) in [6.07, 6.45) is 1.01. The molecule has 5 heteroatoms. The molecule has 1 aromatic carbocycles. The van der Waals surface area contributed by atoms with Crippen LogP contribution in [-0.2, 0) is 4.74 Å². The van der Waals surface area contributed by atoms with E-state index in [1.54, 1.807) is 0 Å². The van der Waals surface area contributed by atoms with Crippen molar-refractivity contribution in [2.75, 3.05) is 32.8 Å². The Morgan fingerprint density at radius 2 is 2.09 bits per heavy atom. The maximum Gasteiger partial charge on any atom is 0.251 e. The number of hydrogen-bond donors (Lipinski definition) is 1. The van der Waals surface area contributed by atoms with Gasteiger partial charge >= 0.3 is 0 Å². The van der Waals surface area contributed by atoms with E-state index in [2.05, 4.69) is 17.1 Å². The molecule has 0 bridgehead atoms. The molecule has 23 heavy (non-hydrogen) atoms. The number of fused-ring (bicyclic) bond motifs is 1. The maximum atomic E-state index is 12.4. The van der Waals surface area contributed by atoms with E-state index in [1.807, 2.05) is 31.2 Å². The quantitative estimate of drug-likeness (QED) is 0.921. The fourth-order valence-corrected chi connectivity index (χ4v) is 3.10. The van der Waals surface area contributed by atoms with Crippen molar-refractivity contribution in [2.45, 2.75) is 26.3 Å². The van der Waals surface area contributed by atoms with Crippen LogP contribution in [0.5, 0.6) is 0 Å². The predicted octanol–water partition coefficient (Wildman–Crippen LogP) is 2.58. The largest absolute Gasteiger partial charge is 0.461 e. The summed E-state index contributed by atoms with van der Waals surface area (Å²) >= 11 is 0. The van der Waals surface area contributed by atoms with E-state index >= 15 is 0 Å². The molecule has 1 atom stereocenters. The lowest BCUT2D eigenvalue weighted by Gasteiger charge is -2.34. The van der Waals surface area contributed by atoms with Crippen molar-refractivity contribution >= 4 is 16.9 Å². The molecule has 1 saturated heterocycles. The Balaban J connectivity index is 1.62. The number of ether oxygens (including phenoxy) is 1. The third-order valence-electron chi connectivity index (χ3n) is 4.43. The van der Waals surface area contributed by atoms with E-state index in [9.17, 15) is 4.79 Å². The van der Waals surface area contributed by atoms with Gasteiger partial charge < -0.3 is 14.5 Å². The van der Waals surface area contributed by atoms with Crippen molar-refractivity contribution in [3.63, 3.8) is 0 Å². The summed E-state index contributed by atoms with van der Waals surface area (Å²) in [5.41, 5.74) is 1.49. The third kappa shape index (κ3) is 3.74. The number of hydrogen-bond acceptors (Lipinski definition) is 4. The summed E-state index contributed by atoms with van der Waals surface area (Å²) in [5.74, 6) is 0.827. The second kappa shape index (κ2) is 7.15. The lowest BCUT2D eigenvalue weighted by molar-refractivity contribution is 0.0159. The van der Waals surface area contributed by atoms with Gasteiger partial charge in [0, 0.05) is 36.6 Å². The van der Waals surface area contributed by atoms with Crippen molar-refractivity contribution in [2.24, 2.45) is 0 Å². The minimum absolute atomic E-state index is 0.0301. The molecule has 2 aromatic rings. The molecule has 1 amide bonds. The number of carbonyl (C=O) groups is 1. The summed E-state index contributed by atoms with van der Waals surface area (Å²) in [5, 5.41) is 4.03. The molecule has 2 heterocycles. The number of rotatable bonds is 5. The highest BCUT2D eigenvalue weighted by Gasteiger charge is 2.20. The zero-order valence-corrected chi connectivity index (χ0v) is 13.8. The molecule has 0 unspecified atom stereocenters. The first kappa shape index (κ1) is 16.0. The summed E-state index contributed by atoms with van der Waals surface area (Å²) in [4.78, 5) is 14.8. The van der Waals surface area contributed by atoms with E-state index in [1.165, 1.54) is 0 Å². The van der Waals surface area contributed by atoms with Gasteiger partial charge in [-0.15, -0.1) is 0 Å². The molecule has 0 saturated carbocycles. The van der Waals surface area contributed by atoms with E-state index < -0.39 is 0 Å². The molecule has 5 nitrogen and oxygen atoms in total. The highest BCUT2D eigenvalue weighted by atomic mass is 16.5. The van der Waals surface area contributed by atoms with Crippen molar-refractivity contribution in [1.29, 1.82) is 0 Å². The second-order valence-corrected chi connectivity index (χ2v) is 6.03. The van der Waals surface area contributed by atoms with Crippen LogP contribution >= 0.6 is 0 Å². The highest BCUT2D eigenvalue weighted by molar-refractivity contribution is 5.97. The van der Waals surface area contributed by atoms with E-state index in [0.717, 1.165) is 49.5 Å². The number of amides is 1. The van der Waals surface area contributed by atoms with Gasteiger partial charge in [-0.3, -0.25) is 9.69 Å². The van der Waals surface area contributed by atoms with Gasteiger partial charge in [0.25, 0.3) is 5.91 Å². The molecule has 1 aliphatic rings. The van der Waals surface area contributed by atoms with Crippen LogP contribution in [0.15, 0.2) is 28.7 Å². The van der Waals surface area contributed by atoms with Crippen molar-refractivity contribution in [3.8, 4) is 0 Å². The molecule has 1 aromatic heterocycles. The van der Waals surface area contributed by atoms with E-state index in [0.29, 0.717) is 18.2 Å². The van der Waals surface area contributed by atoms with Crippen molar-refractivity contribution in [3.05, 3.63) is 35.6 Å². The average molecular weight is 316 g/mol. The maximum absolute atomic E-state index is 12.4. The smallest absolute Gasteiger partial charge is 0.251 e. The van der Waals surface area contributed by atoms with Gasteiger partial charge in [0.1, 0.15) is 11.3 Å². The topological polar surface area (TPSA) is 54.7 Å². The van der Waals surface area contributed by atoms with Gasteiger partial charge in [0.2, 0.25) is 0 Å². The van der Waals surface area contributed by atoms with Crippen molar-refractivity contribution in [1.82, 2.24) is 10.2 Å². The minimum Gasteiger partial charge on any atom is -0.461 e. The van der Waals surface area contributed by atoms with Gasteiger partial charge in [-0.2, -0.15) is 0 Å². The molecular weight excluding hydrogens is 292 g/mol. The van der Waals surface area contributed by atoms with E-state index in [-0.39, 0.29) is 5.91 Å². The lowest BCUT2D eigenvalue weighted by atomic mass is 10.1. The average Bonchev–Trinajstić information content (AvgIpc) is 2.95. The van der Waals surface area contributed by atoms with E-state index in [4.69, 9.17) is 9.15 Å². The van der Waals surface area contributed by atoms with Crippen LogP contribution in [-0.4, -0.2) is 49.7 Å². The predicted molar refractivity (Wildman–Crippen MR) is 89.8 cm³/mol. The highest BCUT2D eigenvalue weighted by Crippen LogP contribution is 2.20. The summed E-state index contributed by atoms with van der Waals surface area (Å²) in [7, 11) is 0. The molecule has 1 aliphatic heterocycles. The number of nitrogens with zero attached hydrogens (tertiary/aromatic N) is 1. The fourth-order valence-electron chi connectivity index (χ4n) is 3.10. The molecular formula is C18H24N2O3. The van der Waals surface area contributed by atoms with Crippen LogP contribution in [0.4, 0.5) is 0 Å². The molecule has 0 aliphatic carbocycles. The Kier molecular flexibility index (Phi) is 4.98. The summed E-state index contributed by atoms with van der Waals surface area (Å²) in [6.45, 7) is 8.17. The van der Waals surface area contributed by atoms with Crippen LogP contribution < -0.4 is 5.32 Å². The third-order valence-corrected chi connectivity index (χ3v) is 4.43. The SMILES string of the molecule is CC[C@@H](CNC(=O)c1ccc2oc(C)cc2c1)N1CCOCC1. The van der Waals surface area contributed by atoms with Crippen LogP contribution in [0.1, 0.15) is 29.5 Å². The normalized spacial score (nSPS) is 17.3. The Bertz CT molecular complexity index is 674. The first-order chi connectivity index (χ1) is 11.2. The zero-order valence-electron chi connectivity index (χ0n) is 13.8. The van der Waals surface area contributed by atoms with Gasteiger partial charge in [0.15, 0.2) is 0 Å². The Labute approximate surface area is 136 Å². The fraction of sp³-hybridized carbons (Fsp3) is 0.500. The minimum atomic E-state index is -0.0301. The number of carbonyl (C=O) groups excluding carboxylic acids is 1. The zero-order chi connectivity index (χ0) is 16.2. The monoisotopic (exact) mass is 316 g/mol. The number of aryl methyl sites for hydroxylation is 1. The van der Waals surface area contributed by atoms with Crippen LogP contribution in [0, 0.1) is 6.92 Å². The summed E-state index contributed by atoms with van der Waals surface area (Å²) < 4.78 is 10.9. The molecule has 124 valence electrons. The molecule has 0 spiro atoms. The Morgan fingerprint density at radius 3 is 2.83 bits per heavy atom. The number of benzene rings is 1. The molecule has 1 fully saturated rings. The second-order valence-electron chi connectivity index (χ2n) is 6.03. The first-order valence-electron chi connectivity index (χ1n) is 8.27. The number of morpholine rings is 1. The van der Waals surface area contributed by atoms with Gasteiger partial charge in [-0.25, -0.2) is 0 Å². The Hall–Kier alpha value is -1.85. The van der Waals surface area contributed by atoms with Crippen LogP contribution in [0.2, 0.25) is 0 Å². The molecule has 3 rings (SSSR count). The van der Waals surface area contributed by atoms with Gasteiger partial charge in [-0.1, -0.05) is 6.92 Å². The standard InChI is InChI=1S/C18H24N2O3/c1-3-16(20-6-8-22-9-7-20)12-19-18(21)14-4-5-17-15(11-14)10-13(2)23-17/h4-5,10-11,16H,3,6-9,12H2,1-2H3,(H,19,21)/t16-/m0/s1. The van der Waals surface area contributed by atoms with Crippen LogP contribution in [0.3, 0.4) is 0 Å². The number of furan rings is 1. The first-order valence-corrected chi connectivity index (χ1v) is 8.27. The summed E-state index contributed by atoms with van der Waals surface area (Å²) in [6, 6.07) is 7.88. The lowest BCUT2D eigenvalue weighted by Crippen LogP contribution is -2.48. The van der Waals surface area contributed by atoms with Crippen LogP contribution in [0.25, 0.3) is 11.0 Å². The number of nitrogens with one attached hydrogen (secondary N) is 1. The van der Waals surface area contributed by atoms with Gasteiger partial charge in [0.05, 0.1) is 13.2 Å². The Morgan fingerprint density at radius 1 is 1.30 bits per heavy atom. The molecule has 1 N–H and O–H groups in total. The van der Waals surface area contributed by atoms with Gasteiger partial charge in [-0.05, 0) is 37.6 Å². The van der Waals surface area contributed by atoms with Crippen molar-refractivity contribution < 1.29 is 13.9 Å².